The molecule has 0 radical (unpaired) electrons. The Balaban J connectivity index is 2.08. The first kappa shape index (κ1) is 14.3. The van der Waals surface area contributed by atoms with E-state index in [2.05, 4.69) is 42.7 Å². The van der Waals surface area contributed by atoms with Gasteiger partial charge in [0, 0.05) is 37.9 Å². The lowest BCUT2D eigenvalue weighted by Crippen LogP contribution is -2.46. The lowest BCUT2D eigenvalue weighted by molar-refractivity contribution is 0.270. The summed E-state index contributed by atoms with van der Waals surface area (Å²) < 4.78 is 0. The molecule has 0 bridgehead atoms. The van der Waals surface area contributed by atoms with Gasteiger partial charge in [-0.25, -0.2) is 4.98 Å². The number of pyridine rings is 1. The summed E-state index contributed by atoms with van der Waals surface area (Å²) in [6, 6.07) is 4.38. The van der Waals surface area contributed by atoms with Crippen molar-refractivity contribution in [3.05, 3.63) is 23.4 Å². The zero-order chi connectivity index (χ0) is 13.8. The van der Waals surface area contributed by atoms with Crippen LogP contribution in [0.15, 0.2) is 12.1 Å². The quantitative estimate of drug-likeness (QED) is 0.901. The Kier molecular flexibility index (Phi) is 4.77. The second kappa shape index (κ2) is 6.35. The first-order valence-electron chi connectivity index (χ1n) is 7.36. The van der Waals surface area contributed by atoms with Crippen molar-refractivity contribution >= 4 is 5.82 Å². The molecule has 106 valence electrons. The summed E-state index contributed by atoms with van der Waals surface area (Å²) in [5.41, 5.74) is 8.35. The molecule has 1 atom stereocenters. The Labute approximate surface area is 116 Å². The van der Waals surface area contributed by atoms with E-state index in [-0.39, 0.29) is 6.04 Å². The summed E-state index contributed by atoms with van der Waals surface area (Å²) in [4.78, 5) is 9.60. The minimum atomic E-state index is 0.110. The van der Waals surface area contributed by atoms with Crippen molar-refractivity contribution in [3.8, 4) is 0 Å². The van der Waals surface area contributed by atoms with Crippen molar-refractivity contribution in [3.63, 3.8) is 0 Å². The first-order valence-corrected chi connectivity index (χ1v) is 7.36. The summed E-state index contributed by atoms with van der Waals surface area (Å²) in [6.07, 6.45) is 0.955. The number of likely N-dealkylation sites (N-methyl/N-ethyl adjacent to an activating group) is 1. The van der Waals surface area contributed by atoms with Crippen molar-refractivity contribution in [1.29, 1.82) is 0 Å². The summed E-state index contributed by atoms with van der Waals surface area (Å²) >= 11 is 0. The Morgan fingerprint density at radius 3 is 2.42 bits per heavy atom. The minimum Gasteiger partial charge on any atom is -0.354 e. The Morgan fingerprint density at radius 2 is 1.89 bits per heavy atom. The molecular weight excluding hydrogens is 236 g/mol. The Morgan fingerprint density at radius 1 is 1.21 bits per heavy atom. The molecule has 2 heterocycles. The van der Waals surface area contributed by atoms with Crippen LogP contribution in [0.3, 0.4) is 0 Å². The summed E-state index contributed by atoms with van der Waals surface area (Å²) in [5, 5.41) is 0. The average Bonchev–Trinajstić information content (AvgIpc) is 2.46. The maximum Gasteiger partial charge on any atom is 0.128 e. The molecule has 2 rings (SSSR count). The van der Waals surface area contributed by atoms with Crippen molar-refractivity contribution in [2.75, 3.05) is 37.6 Å². The molecule has 1 unspecified atom stereocenters. The van der Waals surface area contributed by atoms with Gasteiger partial charge in [0.1, 0.15) is 5.82 Å². The molecule has 0 amide bonds. The molecule has 1 fully saturated rings. The molecule has 1 aromatic rings. The number of anilines is 1. The predicted octanol–water partition coefficient (Wildman–Crippen LogP) is 1.94. The third kappa shape index (κ3) is 3.25. The molecule has 0 aromatic carbocycles. The average molecular weight is 262 g/mol. The molecule has 1 saturated heterocycles. The Bertz CT molecular complexity index is 411. The minimum absolute atomic E-state index is 0.110. The van der Waals surface area contributed by atoms with E-state index in [1.54, 1.807) is 0 Å². The van der Waals surface area contributed by atoms with Gasteiger partial charge in [-0.05, 0) is 31.5 Å². The zero-order valence-corrected chi connectivity index (χ0v) is 12.4. The third-order valence-electron chi connectivity index (χ3n) is 4.09. The molecule has 4 heteroatoms. The largest absolute Gasteiger partial charge is 0.354 e. The van der Waals surface area contributed by atoms with Gasteiger partial charge in [0.2, 0.25) is 0 Å². The van der Waals surface area contributed by atoms with Crippen molar-refractivity contribution < 1.29 is 0 Å². The van der Waals surface area contributed by atoms with Crippen LogP contribution in [0.2, 0.25) is 0 Å². The monoisotopic (exact) mass is 262 g/mol. The number of hydrogen-bond donors (Lipinski definition) is 1. The van der Waals surface area contributed by atoms with Gasteiger partial charge in [-0.3, -0.25) is 0 Å². The van der Waals surface area contributed by atoms with Crippen molar-refractivity contribution in [2.24, 2.45) is 5.73 Å². The molecule has 1 aliphatic heterocycles. The summed E-state index contributed by atoms with van der Waals surface area (Å²) in [6.45, 7) is 11.9. The number of aromatic nitrogens is 1. The first-order chi connectivity index (χ1) is 9.15. The van der Waals surface area contributed by atoms with Gasteiger partial charge in [-0.15, -0.1) is 0 Å². The molecular formula is C15H26N4. The summed E-state index contributed by atoms with van der Waals surface area (Å²) in [5.74, 6) is 1.10. The highest BCUT2D eigenvalue weighted by atomic mass is 15.3. The van der Waals surface area contributed by atoms with E-state index in [1.165, 1.54) is 5.56 Å². The fourth-order valence-corrected chi connectivity index (χ4v) is 2.64. The van der Waals surface area contributed by atoms with E-state index in [1.807, 2.05) is 0 Å². The van der Waals surface area contributed by atoms with Gasteiger partial charge in [0.15, 0.2) is 0 Å². The lowest BCUT2D eigenvalue weighted by Gasteiger charge is -2.35. The van der Waals surface area contributed by atoms with E-state index in [4.69, 9.17) is 10.7 Å². The third-order valence-corrected chi connectivity index (χ3v) is 4.09. The normalized spacial score (nSPS) is 18.6. The van der Waals surface area contributed by atoms with E-state index >= 15 is 0 Å². The van der Waals surface area contributed by atoms with E-state index in [0.29, 0.717) is 0 Å². The van der Waals surface area contributed by atoms with Crippen LogP contribution in [-0.2, 0) is 0 Å². The van der Waals surface area contributed by atoms with Crippen molar-refractivity contribution in [2.45, 2.75) is 33.2 Å². The van der Waals surface area contributed by atoms with Crippen molar-refractivity contribution in [1.82, 2.24) is 9.88 Å². The van der Waals surface area contributed by atoms with Crippen LogP contribution in [0.25, 0.3) is 0 Å². The molecule has 0 spiro atoms. The highest BCUT2D eigenvalue weighted by molar-refractivity contribution is 5.43. The van der Waals surface area contributed by atoms with Gasteiger partial charge in [-0.1, -0.05) is 19.9 Å². The van der Waals surface area contributed by atoms with E-state index in [0.717, 1.165) is 50.7 Å². The molecule has 19 heavy (non-hydrogen) atoms. The van der Waals surface area contributed by atoms with Gasteiger partial charge >= 0.3 is 0 Å². The Hall–Kier alpha value is -1.13. The van der Waals surface area contributed by atoms with Gasteiger partial charge in [0.25, 0.3) is 0 Å². The highest BCUT2D eigenvalue weighted by Crippen LogP contribution is 2.21. The molecule has 1 aromatic heterocycles. The molecule has 0 aliphatic carbocycles. The second-order valence-electron chi connectivity index (χ2n) is 5.28. The number of aryl methyl sites for hydroxylation is 1. The van der Waals surface area contributed by atoms with Gasteiger partial charge in [-0.2, -0.15) is 0 Å². The van der Waals surface area contributed by atoms with Crippen LogP contribution in [0, 0.1) is 6.92 Å². The highest BCUT2D eigenvalue weighted by Gasteiger charge is 2.17. The van der Waals surface area contributed by atoms with E-state index in [9.17, 15) is 0 Å². The second-order valence-corrected chi connectivity index (χ2v) is 5.28. The van der Waals surface area contributed by atoms with Crippen LogP contribution < -0.4 is 10.6 Å². The summed E-state index contributed by atoms with van der Waals surface area (Å²) in [7, 11) is 0. The predicted molar refractivity (Wildman–Crippen MR) is 80.5 cm³/mol. The topological polar surface area (TPSA) is 45.4 Å². The lowest BCUT2D eigenvalue weighted by atomic mass is 10.0. The van der Waals surface area contributed by atoms with E-state index < -0.39 is 0 Å². The molecule has 4 nitrogen and oxygen atoms in total. The van der Waals surface area contributed by atoms with Crippen LogP contribution in [0.1, 0.15) is 37.6 Å². The maximum atomic E-state index is 6.10. The zero-order valence-electron chi connectivity index (χ0n) is 12.4. The maximum absolute atomic E-state index is 6.10. The SMILES string of the molecule is CCC(N)c1ccc(N2CCN(CC)CC2)nc1C. The van der Waals surface area contributed by atoms with Crippen LogP contribution in [0.4, 0.5) is 5.82 Å². The number of nitrogens with two attached hydrogens (primary N) is 1. The van der Waals surface area contributed by atoms with Gasteiger partial charge in [0.05, 0.1) is 0 Å². The fourth-order valence-electron chi connectivity index (χ4n) is 2.64. The number of nitrogens with zero attached hydrogens (tertiary/aromatic N) is 3. The standard InChI is InChI=1S/C15H26N4/c1-4-14(16)13-6-7-15(17-12(13)3)19-10-8-18(5-2)9-11-19/h6-7,14H,4-5,8-11,16H2,1-3H3. The molecule has 2 N–H and O–H groups in total. The smallest absolute Gasteiger partial charge is 0.128 e. The van der Waals surface area contributed by atoms with Crippen LogP contribution in [0.5, 0.6) is 0 Å². The number of piperazine rings is 1. The molecule has 1 aliphatic rings. The van der Waals surface area contributed by atoms with Gasteiger partial charge < -0.3 is 15.5 Å². The van der Waals surface area contributed by atoms with Crippen LogP contribution >= 0.6 is 0 Å². The fraction of sp³-hybridized carbons (Fsp3) is 0.667. The van der Waals surface area contributed by atoms with Crippen LogP contribution in [-0.4, -0.2) is 42.6 Å². The number of hydrogen-bond acceptors (Lipinski definition) is 4. The number of rotatable bonds is 4. The molecule has 0 saturated carbocycles.